The quantitative estimate of drug-likeness (QED) is 0.251. The molecule has 0 unspecified atom stereocenters. The average Bonchev–Trinajstić information content (AvgIpc) is 2.58. The van der Waals surface area contributed by atoms with Crippen LogP contribution in [-0.2, 0) is 6.42 Å². The van der Waals surface area contributed by atoms with E-state index in [-0.39, 0.29) is 11.8 Å². The van der Waals surface area contributed by atoms with Gasteiger partial charge in [0.1, 0.15) is 11.0 Å². The van der Waals surface area contributed by atoms with E-state index < -0.39 is 33.7 Å². The molecule has 0 aromatic heterocycles. The third-order valence-corrected chi connectivity index (χ3v) is 3.85. The first-order chi connectivity index (χ1) is 11.5. The monoisotopic (exact) mass is 349 g/mol. The maximum Gasteiger partial charge on any atom is 0.178 e. The molecule has 0 saturated heterocycles. The highest BCUT2D eigenvalue weighted by Gasteiger charge is 2.25. The highest BCUT2D eigenvalue weighted by atomic mass is 32.2. The number of nitriles is 1. The average molecular weight is 349 g/mol. The number of nitrogens with zero attached hydrogens (tertiary/aromatic N) is 1. The second-order valence-corrected chi connectivity index (χ2v) is 5.65. The maximum absolute atomic E-state index is 13.9. The van der Waals surface area contributed by atoms with Crippen molar-refractivity contribution in [2.24, 2.45) is 0 Å². The fourth-order valence-corrected chi connectivity index (χ4v) is 2.48. The zero-order valence-electron chi connectivity index (χ0n) is 12.6. The Kier molecular flexibility index (Phi) is 5.89. The second-order valence-electron chi connectivity index (χ2n) is 4.85. The van der Waals surface area contributed by atoms with Crippen LogP contribution in [-0.4, -0.2) is 0 Å². The van der Waals surface area contributed by atoms with Gasteiger partial charge in [0.2, 0.25) is 0 Å². The highest BCUT2D eigenvalue weighted by molar-refractivity contribution is 8.03. The summed E-state index contributed by atoms with van der Waals surface area (Å²) in [4.78, 5) is -1.01. The summed E-state index contributed by atoms with van der Waals surface area (Å²) in [5, 5.41) is 9.82. The van der Waals surface area contributed by atoms with Crippen LogP contribution in [0.3, 0.4) is 0 Å². The van der Waals surface area contributed by atoms with Crippen molar-refractivity contribution in [1.82, 2.24) is 0 Å². The Morgan fingerprint density at radius 2 is 1.50 bits per heavy atom. The van der Waals surface area contributed by atoms with E-state index in [9.17, 15) is 17.6 Å². The molecule has 0 heterocycles. The van der Waals surface area contributed by atoms with Crippen LogP contribution in [0.1, 0.15) is 30.0 Å². The first-order valence-corrected chi connectivity index (χ1v) is 7.84. The standard InChI is InChI=1S/C18H11F4NS/c1-2-3-11-4-6-12(7-5-11)8-9-13-14(19)16(21)18(24-10-23)17(22)15(13)20/h4-7H,2-3H2,1H3. The molecule has 0 aliphatic carbocycles. The third kappa shape index (κ3) is 3.72. The zero-order valence-corrected chi connectivity index (χ0v) is 13.4. The molecule has 0 aliphatic rings. The number of benzene rings is 2. The molecule has 2 aromatic rings. The van der Waals surface area contributed by atoms with E-state index in [2.05, 4.69) is 11.8 Å². The molecule has 0 bridgehead atoms. The Labute approximate surface area is 141 Å². The minimum Gasteiger partial charge on any atom is -0.202 e. The van der Waals surface area contributed by atoms with Crippen molar-refractivity contribution >= 4 is 11.8 Å². The maximum atomic E-state index is 13.9. The summed E-state index contributed by atoms with van der Waals surface area (Å²) in [5.41, 5.74) is 0.560. The lowest BCUT2D eigenvalue weighted by Crippen LogP contribution is -2.02. The Balaban J connectivity index is 2.43. The van der Waals surface area contributed by atoms with Gasteiger partial charge in [-0.2, -0.15) is 5.26 Å². The van der Waals surface area contributed by atoms with Gasteiger partial charge >= 0.3 is 0 Å². The summed E-state index contributed by atoms with van der Waals surface area (Å²) in [6.07, 6.45) is 1.87. The number of aryl methyl sites for hydroxylation is 1. The predicted octanol–water partition coefficient (Wildman–Crippen LogP) is 5.17. The van der Waals surface area contributed by atoms with Crippen molar-refractivity contribution in [2.75, 3.05) is 0 Å². The molecular weight excluding hydrogens is 338 g/mol. The minimum atomic E-state index is -1.62. The van der Waals surface area contributed by atoms with E-state index in [1.807, 2.05) is 19.1 Å². The normalized spacial score (nSPS) is 10.0. The van der Waals surface area contributed by atoms with Gasteiger partial charge in [-0.3, -0.25) is 0 Å². The molecule has 0 amide bonds. The Hall–Kier alpha value is -2.44. The van der Waals surface area contributed by atoms with Gasteiger partial charge < -0.3 is 0 Å². The molecule has 0 saturated carbocycles. The smallest absolute Gasteiger partial charge is 0.178 e. The lowest BCUT2D eigenvalue weighted by atomic mass is 10.1. The summed E-state index contributed by atoms with van der Waals surface area (Å²) >= 11 is 0.0136. The molecule has 0 aliphatic heterocycles. The van der Waals surface area contributed by atoms with Crippen LogP contribution in [0.15, 0.2) is 29.2 Å². The van der Waals surface area contributed by atoms with Crippen LogP contribution < -0.4 is 0 Å². The number of thioether (sulfide) groups is 1. The highest BCUT2D eigenvalue weighted by Crippen LogP contribution is 2.30. The van der Waals surface area contributed by atoms with Gasteiger partial charge in [-0.05, 0) is 35.9 Å². The Morgan fingerprint density at radius 1 is 0.917 bits per heavy atom. The molecule has 0 atom stereocenters. The van der Waals surface area contributed by atoms with Gasteiger partial charge in [0, 0.05) is 5.56 Å². The van der Waals surface area contributed by atoms with E-state index in [0.29, 0.717) is 5.56 Å². The lowest BCUT2D eigenvalue weighted by molar-refractivity contribution is 0.423. The van der Waals surface area contributed by atoms with Crippen LogP contribution in [0.25, 0.3) is 0 Å². The topological polar surface area (TPSA) is 23.8 Å². The van der Waals surface area contributed by atoms with Gasteiger partial charge in [-0.1, -0.05) is 37.3 Å². The first kappa shape index (κ1) is 17.9. The minimum absolute atomic E-state index is 0.0136. The Bertz CT molecular complexity index is 829. The third-order valence-electron chi connectivity index (χ3n) is 3.20. The van der Waals surface area contributed by atoms with Gasteiger partial charge in [-0.15, -0.1) is 0 Å². The van der Waals surface area contributed by atoms with Crippen molar-refractivity contribution < 1.29 is 17.6 Å². The number of hydrogen-bond acceptors (Lipinski definition) is 2. The first-order valence-electron chi connectivity index (χ1n) is 7.02. The molecule has 2 rings (SSSR count). The summed E-state index contributed by atoms with van der Waals surface area (Å²) in [6, 6.07) is 6.99. The molecule has 2 aromatic carbocycles. The molecule has 0 spiro atoms. The van der Waals surface area contributed by atoms with Crippen LogP contribution >= 0.6 is 11.8 Å². The summed E-state index contributed by atoms with van der Waals surface area (Å²) in [7, 11) is 0. The molecule has 0 N–H and O–H groups in total. The molecular formula is C18H11F4NS. The van der Waals surface area contributed by atoms with Crippen LogP contribution in [0.5, 0.6) is 0 Å². The molecule has 24 heavy (non-hydrogen) atoms. The van der Waals surface area contributed by atoms with Crippen molar-refractivity contribution in [2.45, 2.75) is 24.7 Å². The Morgan fingerprint density at radius 3 is 2.00 bits per heavy atom. The SMILES string of the molecule is CCCc1ccc(C#Cc2c(F)c(F)c(SC#N)c(F)c2F)cc1. The van der Waals surface area contributed by atoms with Crippen molar-refractivity contribution in [1.29, 1.82) is 5.26 Å². The number of halogens is 4. The lowest BCUT2D eigenvalue weighted by Gasteiger charge is -2.05. The molecule has 0 radical (unpaired) electrons. The fourth-order valence-electron chi connectivity index (χ4n) is 2.03. The number of rotatable bonds is 3. The van der Waals surface area contributed by atoms with Gasteiger partial charge in [0.05, 0.1) is 4.90 Å². The van der Waals surface area contributed by atoms with E-state index in [1.54, 1.807) is 12.1 Å². The molecule has 1 nitrogen and oxygen atoms in total. The van der Waals surface area contributed by atoms with E-state index in [0.717, 1.165) is 18.4 Å². The van der Waals surface area contributed by atoms with E-state index in [1.165, 1.54) is 5.40 Å². The largest absolute Gasteiger partial charge is 0.202 e. The van der Waals surface area contributed by atoms with Crippen LogP contribution in [0, 0.1) is 45.8 Å². The van der Waals surface area contributed by atoms with Crippen LogP contribution in [0.4, 0.5) is 17.6 Å². The van der Waals surface area contributed by atoms with E-state index >= 15 is 0 Å². The summed E-state index contributed by atoms with van der Waals surface area (Å²) in [5.74, 6) is -1.85. The zero-order chi connectivity index (χ0) is 17.7. The van der Waals surface area contributed by atoms with Gasteiger partial charge in [-0.25, -0.2) is 17.6 Å². The predicted molar refractivity (Wildman–Crippen MR) is 84.2 cm³/mol. The van der Waals surface area contributed by atoms with E-state index in [4.69, 9.17) is 5.26 Å². The van der Waals surface area contributed by atoms with Gasteiger partial charge in [0.25, 0.3) is 0 Å². The molecule has 0 fully saturated rings. The second kappa shape index (κ2) is 7.90. The molecule has 122 valence electrons. The van der Waals surface area contributed by atoms with Crippen molar-refractivity contribution in [3.8, 4) is 17.2 Å². The van der Waals surface area contributed by atoms with Crippen LogP contribution in [0.2, 0.25) is 0 Å². The summed E-state index contributed by atoms with van der Waals surface area (Å²) < 4.78 is 55.2. The fraction of sp³-hybridized carbons (Fsp3) is 0.167. The number of thiocyanates is 1. The van der Waals surface area contributed by atoms with Crippen molar-refractivity contribution in [3.63, 3.8) is 0 Å². The number of hydrogen-bond donors (Lipinski definition) is 0. The van der Waals surface area contributed by atoms with Crippen molar-refractivity contribution in [3.05, 3.63) is 64.2 Å². The molecule has 6 heteroatoms. The summed E-state index contributed by atoms with van der Waals surface area (Å²) in [6.45, 7) is 2.04. The van der Waals surface area contributed by atoms with Gasteiger partial charge in [0.15, 0.2) is 23.3 Å².